The molecule has 1 aliphatic rings. The van der Waals surface area contributed by atoms with E-state index in [2.05, 4.69) is 11.4 Å². The SMILES string of the molecule is N#Cc1c(NC(=O)CCc2ccc(F)cc2)sc2c1CCCCC2. The van der Waals surface area contributed by atoms with Crippen molar-refractivity contribution in [3.05, 3.63) is 51.7 Å². The molecule has 3 nitrogen and oxygen atoms in total. The predicted molar refractivity (Wildman–Crippen MR) is 93.6 cm³/mol. The summed E-state index contributed by atoms with van der Waals surface area (Å²) in [7, 11) is 0. The van der Waals surface area contributed by atoms with Crippen LogP contribution in [0.1, 0.15) is 47.3 Å². The van der Waals surface area contributed by atoms with Gasteiger partial charge >= 0.3 is 0 Å². The molecule has 0 spiro atoms. The topological polar surface area (TPSA) is 52.9 Å². The first-order valence-electron chi connectivity index (χ1n) is 8.26. The number of thiophene rings is 1. The van der Waals surface area contributed by atoms with Crippen molar-refractivity contribution in [1.82, 2.24) is 0 Å². The number of hydrogen-bond acceptors (Lipinski definition) is 3. The zero-order valence-corrected chi connectivity index (χ0v) is 14.2. The molecule has 0 bridgehead atoms. The monoisotopic (exact) mass is 342 g/mol. The molecule has 1 aromatic carbocycles. The molecule has 1 aliphatic carbocycles. The Labute approximate surface area is 145 Å². The van der Waals surface area contributed by atoms with Crippen LogP contribution in [0.2, 0.25) is 0 Å². The number of hydrogen-bond donors (Lipinski definition) is 1. The smallest absolute Gasteiger partial charge is 0.225 e. The van der Waals surface area contributed by atoms with Crippen molar-refractivity contribution in [2.45, 2.75) is 44.9 Å². The van der Waals surface area contributed by atoms with Crippen LogP contribution in [0.4, 0.5) is 9.39 Å². The maximum Gasteiger partial charge on any atom is 0.225 e. The van der Waals surface area contributed by atoms with Crippen LogP contribution in [0, 0.1) is 17.1 Å². The van der Waals surface area contributed by atoms with Gasteiger partial charge in [0, 0.05) is 11.3 Å². The van der Waals surface area contributed by atoms with Gasteiger partial charge in [-0.25, -0.2) is 4.39 Å². The van der Waals surface area contributed by atoms with Gasteiger partial charge in [-0.2, -0.15) is 5.26 Å². The molecule has 1 heterocycles. The lowest BCUT2D eigenvalue weighted by molar-refractivity contribution is -0.116. The van der Waals surface area contributed by atoms with Crippen LogP contribution in [-0.2, 0) is 24.1 Å². The third kappa shape index (κ3) is 3.82. The van der Waals surface area contributed by atoms with Crippen molar-refractivity contribution < 1.29 is 9.18 Å². The van der Waals surface area contributed by atoms with Crippen LogP contribution < -0.4 is 5.32 Å². The number of nitrogens with one attached hydrogen (secondary N) is 1. The zero-order valence-electron chi connectivity index (χ0n) is 13.4. The molecule has 0 radical (unpaired) electrons. The van der Waals surface area contributed by atoms with Crippen LogP contribution in [0.3, 0.4) is 0 Å². The Balaban J connectivity index is 1.66. The van der Waals surface area contributed by atoms with E-state index >= 15 is 0 Å². The van der Waals surface area contributed by atoms with E-state index in [9.17, 15) is 14.4 Å². The highest BCUT2D eigenvalue weighted by atomic mass is 32.1. The molecule has 0 fully saturated rings. The highest BCUT2D eigenvalue weighted by molar-refractivity contribution is 7.16. The number of fused-ring (bicyclic) bond motifs is 1. The lowest BCUT2D eigenvalue weighted by Crippen LogP contribution is -2.12. The minimum absolute atomic E-state index is 0.104. The Morgan fingerprint density at radius 1 is 1.21 bits per heavy atom. The van der Waals surface area contributed by atoms with Gasteiger partial charge in [-0.15, -0.1) is 11.3 Å². The van der Waals surface area contributed by atoms with E-state index < -0.39 is 0 Å². The van der Waals surface area contributed by atoms with Crippen molar-refractivity contribution in [3.8, 4) is 6.07 Å². The molecule has 1 amide bonds. The minimum Gasteiger partial charge on any atom is -0.317 e. The maximum absolute atomic E-state index is 12.9. The van der Waals surface area contributed by atoms with Gasteiger partial charge in [-0.1, -0.05) is 18.6 Å². The first-order chi connectivity index (χ1) is 11.7. The predicted octanol–water partition coefficient (Wildman–Crippen LogP) is 4.60. The summed E-state index contributed by atoms with van der Waals surface area (Å²) >= 11 is 1.55. The number of halogens is 1. The van der Waals surface area contributed by atoms with E-state index in [0.29, 0.717) is 23.4 Å². The zero-order chi connectivity index (χ0) is 16.9. The van der Waals surface area contributed by atoms with Crippen LogP contribution in [-0.4, -0.2) is 5.91 Å². The molecule has 5 heteroatoms. The first kappa shape index (κ1) is 16.7. The van der Waals surface area contributed by atoms with E-state index in [4.69, 9.17) is 0 Å². The Hall–Kier alpha value is -2.19. The van der Waals surface area contributed by atoms with Gasteiger partial charge in [0.1, 0.15) is 16.9 Å². The van der Waals surface area contributed by atoms with Gasteiger partial charge in [-0.05, 0) is 55.4 Å². The average Bonchev–Trinajstić information content (AvgIpc) is 2.74. The number of carbonyl (C=O) groups is 1. The van der Waals surface area contributed by atoms with Crippen molar-refractivity contribution in [3.63, 3.8) is 0 Å². The molecular formula is C19H19FN2OS. The second-order valence-corrected chi connectivity index (χ2v) is 7.16. The molecular weight excluding hydrogens is 323 g/mol. The van der Waals surface area contributed by atoms with Crippen molar-refractivity contribution >= 4 is 22.2 Å². The largest absolute Gasteiger partial charge is 0.317 e. The van der Waals surface area contributed by atoms with Gasteiger partial charge in [0.05, 0.1) is 5.56 Å². The number of amides is 1. The fraction of sp³-hybridized carbons (Fsp3) is 0.368. The molecule has 2 aromatic rings. The fourth-order valence-electron chi connectivity index (χ4n) is 3.05. The average molecular weight is 342 g/mol. The van der Waals surface area contributed by atoms with Crippen molar-refractivity contribution in [2.24, 2.45) is 0 Å². The number of nitriles is 1. The lowest BCUT2D eigenvalue weighted by atomic mass is 10.1. The van der Waals surface area contributed by atoms with E-state index in [1.807, 2.05) is 0 Å². The van der Waals surface area contributed by atoms with Gasteiger partial charge in [0.15, 0.2) is 0 Å². The quantitative estimate of drug-likeness (QED) is 0.826. The Kier molecular flexibility index (Phi) is 5.27. The summed E-state index contributed by atoms with van der Waals surface area (Å²) in [4.78, 5) is 13.5. The second kappa shape index (κ2) is 7.59. The minimum atomic E-state index is -0.276. The Morgan fingerprint density at radius 2 is 1.96 bits per heavy atom. The highest BCUT2D eigenvalue weighted by Gasteiger charge is 2.20. The van der Waals surface area contributed by atoms with Gasteiger partial charge in [-0.3, -0.25) is 4.79 Å². The third-order valence-electron chi connectivity index (χ3n) is 4.34. The summed E-state index contributed by atoms with van der Waals surface area (Å²) < 4.78 is 12.9. The number of aryl methyl sites for hydroxylation is 2. The number of rotatable bonds is 4. The normalized spacial score (nSPS) is 13.7. The second-order valence-electron chi connectivity index (χ2n) is 6.06. The molecule has 124 valence electrons. The van der Waals surface area contributed by atoms with Crippen LogP contribution in [0.15, 0.2) is 24.3 Å². The van der Waals surface area contributed by atoms with Gasteiger partial charge in [0.25, 0.3) is 0 Å². The van der Waals surface area contributed by atoms with Crippen molar-refractivity contribution in [2.75, 3.05) is 5.32 Å². The maximum atomic E-state index is 12.9. The lowest BCUT2D eigenvalue weighted by Gasteiger charge is -2.04. The van der Waals surface area contributed by atoms with E-state index in [1.165, 1.54) is 23.4 Å². The first-order valence-corrected chi connectivity index (χ1v) is 9.08. The summed E-state index contributed by atoms with van der Waals surface area (Å²) in [6.45, 7) is 0. The molecule has 0 unspecified atom stereocenters. The number of carbonyl (C=O) groups excluding carboxylic acids is 1. The molecule has 0 saturated heterocycles. The fourth-order valence-corrected chi connectivity index (χ4v) is 4.30. The summed E-state index contributed by atoms with van der Waals surface area (Å²) in [6.07, 6.45) is 6.26. The van der Waals surface area contributed by atoms with Gasteiger partial charge < -0.3 is 5.32 Å². The molecule has 0 saturated carbocycles. The molecule has 0 aliphatic heterocycles. The summed E-state index contributed by atoms with van der Waals surface area (Å²) in [5.74, 6) is -0.380. The summed E-state index contributed by atoms with van der Waals surface area (Å²) in [5.41, 5.74) is 2.70. The third-order valence-corrected chi connectivity index (χ3v) is 5.55. The van der Waals surface area contributed by atoms with E-state index in [-0.39, 0.29) is 11.7 Å². The van der Waals surface area contributed by atoms with Crippen LogP contribution in [0.5, 0.6) is 0 Å². The van der Waals surface area contributed by atoms with E-state index in [1.54, 1.807) is 23.5 Å². The van der Waals surface area contributed by atoms with Crippen LogP contribution >= 0.6 is 11.3 Å². The Morgan fingerprint density at radius 3 is 2.71 bits per heavy atom. The number of nitrogens with zero attached hydrogens (tertiary/aromatic N) is 1. The summed E-state index contributed by atoms with van der Waals surface area (Å²) in [5, 5.41) is 13.1. The molecule has 1 aromatic heterocycles. The van der Waals surface area contributed by atoms with Gasteiger partial charge in [0.2, 0.25) is 5.91 Å². The standard InChI is InChI=1S/C19H19FN2OS/c20-14-9-6-13(7-10-14)8-11-18(23)22-19-16(12-21)15-4-2-1-3-5-17(15)24-19/h6-7,9-10H,1-5,8,11H2,(H,22,23). The molecule has 0 atom stereocenters. The van der Waals surface area contributed by atoms with E-state index in [0.717, 1.165) is 36.8 Å². The number of benzene rings is 1. The molecule has 3 rings (SSSR count). The number of anilines is 1. The molecule has 1 N–H and O–H groups in total. The Bertz CT molecular complexity index is 774. The van der Waals surface area contributed by atoms with Crippen molar-refractivity contribution in [1.29, 1.82) is 5.26 Å². The molecule has 24 heavy (non-hydrogen) atoms. The van der Waals surface area contributed by atoms with Crippen LogP contribution in [0.25, 0.3) is 0 Å². The highest BCUT2D eigenvalue weighted by Crippen LogP contribution is 2.37. The summed E-state index contributed by atoms with van der Waals surface area (Å²) in [6, 6.07) is 8.45.